The summed E-state index contributed by atoms with van der Waals surface area (Å²) in [5.41, 5.74) is 6.84. The van der Waals surface area contributed by atoms with Crippen molar-refractivity contribution >= 4 is 6.08 Å². The zero-order valence-electron chi connectivity index (χ0n) is 10.2. The summed E-state index contributed by atoms with van der Waals surface area (Å²) in [6, 6.07) is 4.50. The first-order chi connectivity index (χ1) is 7.66. The molecule has 0 aliphatic heterocycles. The third-order valence-corrected chi connectivity index (χ3v) is 2.98. The minimum atomic E-state index is 1.04. The Morgan fingerprint density at radius 3 is 2.25 bits per heavy atom. The Balaban J connectivity index is 2.41. The Hall–Kier alpha value is -1.56. The highest BCUT2D eigenvalue weighted by Gasteiger charge is 2.02. The molecule has 1 aromatic rings. The molecule has 82 valence electrons. The molecule has 16 heavy (non-hydrogen) atoms. The molecule has 1 aliphatic carbocycles. The summed E-state index contributed by atoms with van der Waals surface area (Å²) in [6.07, 6.45) is 12.0. The monoisotopic (exact) mass is 210 g/mol. The average Bonchev–Trinajstić information content (AvgIpc) is 2.25. The maximum absolute atomic E-state index is 2.31. The van der Waals surface area contributed by atoms with Crippen molar-refractivity contribution in [3.63, 3.8) is 0 Å². The van der Waals surface area contributed by atoms with Crippen LogP contribution in [-0.4, -0.2) is 0 Å². The second-order valence-electron chi connectivity index (χ2n) is 4.52. The molecule has 0 fully saturated rings. The first kappa shape index (κ1) is 10.9. The molecule has 0 N–H and O–H groups in total. The molecular weight excluding hydrogens is 192 g/mol. The third kappa shape index (κ3) is 2.33. The maximum atomic E-state index is 2.31. The van der Waals surface area contributed by atoms with E-state index in [1.54, 1.807) is 0 Å². The molecule has 0 nitrogen and oxygen atoms in total. The summed E-state index contributed by atoms with van der Waals surface area (Å²) < 4.78 is 0. The number of allylic oxidation sites excluding steroid dienone is 5. The molecule has 0 radical (unpaired) electrons. The van der Waals surface area contributed by atoms with Crippen LogP contribution in [0, 0.1) is 20.8 Å². The standard InChI is InChI=1S/C16H18/c1-12-9-13(2)16(14(3)10-12)11-15-7-5-4-6-8-15/h4-7,9-11H,8H2,1-3H3. The van der Waals surface area contributed by atoms with Gasteiger partial charge in [-0.15, -0.1) is 0 Å². The molecule has 0 bridgehead atoms. The number of aryl methyl sites for hydroxylation is 3. The molecule has 0 unspecified atom stereocenters. The van der Waals surface area contributed by atoms with Gasteiger partial charge in [0.05, 0.1) is 0 Å². The van der Waals surface area contributed by atoms with E-state index in [2.05, 4.69) is 63.3 Å². The van der Waals surface area contributed by atoms with Gasteiger partial charge in [0.25, 0.3) is 0 Å². The molecule has 0 heteroatoms. The van der Waals surface area contributed by atoms with Gasteiger partial charge in [0, 0.05) is 0 Å². The first-order valence-corrected chi connectivity index (χ1v) is 5.78. The Labute approximate surface area is 98.0 Å². The van der Waals surface area contributed by atoms with Crippen LogP contribution in [0.25, 0.3) is 6.08 Å². The molecule has 0 saturated heterocycles. The molecule has 0 aromatic heterocycles. The van der Waals surface area contributed by atoms with Gasteiger partial charge < -0.3 is 0 Å². The van der Waals surface area contributed by atoms with Crippen LogP contribution in [-0.2, 0) is 0 Å². The summed E-state index contributed by atoms with van der Waals surface area (Å²) in [4.78, 5) is 0. The lowest BCUT2D eigenvalue weighted by molar-refractivity contribution is 1.26. The van der Waals surface area contributed by atoms with Gasteiger partial charge in [0.15, 0.2) is 0 Å². The van der Waals surface area contributed by atoms with E-state index in [0.717, 1.165) is 6.42 Å². The van der Waals surface area contributed by atoms with Crippen molar-refractivity contribution in [2.75, 3.05) is 0 Å². The van der Waals surface area contributed by atoms with Crippen LogP contribution in [0.2, 0.25) is 0 Å². The summed E-state index contributed by atoms with van der Waals surface area (Å²) in [7, 11) is 0. The molecule has 1 aliphatic rings. The zero-order chi connectivity index (χ0) is 11.5. The van der Waals surface area contributed by atoms with E-state index in [1.807, 2.05) is 0 Å². The van der Waals surface area contributed by atoms with Crippen LogP contribution in [0.5, 0.6) is 0 Å². The van der Waals surface area contributed by atoms with E-state index in [0.29, 0.717) is 0 Å². The van der Waals surface area contributed by atoms with E-state index in [1.165, 1.54) is 27.8 Å². The van der Waals surface area contributed by atoms with Crippen LogP contribution < -0.4 is 0 Å². The lowest BCUT2D eigenvalue weighted by Gasteiger charge is -2.09. The van der Waals surface area contributed by atoms with Gasteiger partial charge in [0.2, 0.25) is 0 Å². The predicted molar refractivity (Wildman–Crippen MR) is 71.5 cm³/mol. The minimum Gasteiger partial charge on any atom is -0.0801 e. The second-order valence-corrected chi connectivity index (χ2v) is 4.52. The topological polar surface area (TPSA) is 0 Å². The van der Waals surface area contributed by atoms with Crippen molar-refractivity contribution in [2.45, 2.75) is 27.2 Å². The lowest BCUT2D eigenvalue weighted by atomic mass is 9.96. The van der Waals surface area contributed by atoms with Gasteiger partial charge in [-0.25, -0.2) is 0 Å². The highest BCUT2D eigenvalue weighted by Crippen LogP contribution is 2.22. The molecular formula is C16H18. The van der Waals surface area contributed by atoms with Crippen molar-refractivity contribution in [3.05, 3.63) is 64.3 Å². The molecule has 0 heterocycles. The summed E-state index contributed by atoms with van der Waals surface area (Å²) >= 11 is 0. The molecule has 2 rings (SSSR count). The second kappa shape index (κ2) is 4.52. The predicted octanol–water partition coefficient (Wildman–Crippen LogP) is 4.51. The van der Waals surface area contributed by atoms with E-state index < -0.39 is 0 Å². The Morgan fingerprint density at radius 1 is 1.00 bits per heavy atom. The van der Waals surface area contributed by atoms with Gasteiger partial charge in [-0.3, -0.25) is 0 Å². The van der Waals surface area contributed by atoms with Gasteiger partial charge in [-0.2, -0.15) is 0 Å². The van der Waals surface area contributed by atoms with Crippen molar-refractivity contribution in [2.24, 2.45) is 0 Å². The van der Waals surface area contributed by atoms with E-state index in [9.17, 15) is 0 Å². The van der Waals surface area contributed by atoms with Crippen molar-refractivity contribution in [1.29, 1.82) is 0 Å². The van der Waals surface area contributed by atoms with E-state index in [4.69, 9.17) is 0 Å². The molecule has 0 spiro atoms. The van der Waals surface area contributed by atoms with Crippen molar-refractivity contribution in [3.8, 4) is 0 Å². The fourth-order valence-corrected chi connectivity index (χ4v) is 2.24. The van der Waals surface area contributed by atoms with Crippen LogP contribution >= 0.6 is 0 Å². The summed E-state index contributed by atoms with van der Waals surface area (Å²) in [5, 5.41) is 0. The van der Waals surface area contributed by atoms with Gasteiger partial charge >= 0.3 is 0 Å². The summed E-state index contributed by atoms with van der Waals surface area (Å²) in [6.45, 7) is 6.53. The number of hydrogen-bond donors (Lipinski definition) is 0. The Morgan fingerprint density at radius 2 is 1.69 bits per heavy atom. The van der Waals surface area contributed by atoms with Crippen LogP contribution in [0.15, 0.2) is 42.0 Å². The fraction of sp³-hybridized carbons (Fsp3) is 0.250. The van der Waals surface area contributed by atoms with Crippen molar-refractivity contribution < 1.29 is 0 Å². The smallest absolute Gasteiger partial charge is 0.00941 e. The maximum Gasteiger partial charge on any atom is -0.00941 e. The van der Waals surface area contributed by atoms with E-state index >= 15 is 0 Å². The Kier molecular flexibility index (Phi) is 3.09. The molecule has 0 amide bonds. The van der Waals surface area contributed by atoms with Gasteiger partial charge in [0.1, 0.15) is 0 Å². The quantitative estimate of drug-likeness (QED) is 0.639. The normalized spacial score (nSPS) is 17.1. The fourth-order valence-electron chi connectivity index (χ4n) is 2.24. The third-order valence-electron chi connectivity index (χ3n) is 2.98. The van der Waals surface area contributed by atoms with Crippen LogP contribution in [0.1, 0.15) is 28.7 Å². The minimum absolute atomic E-state index is 1.04. The van der Waals surface area contributed by atoms with Crippen molar-refractivity contribution in [1.82, 2.24) is 0 Å². The van der Waals surface area contributed by atoms with E-state index in [-0.39, 0.29) is 0 Å². The Bertz CT molecular complexity index is 462. The van der Waals surface area contributed by atoms with Gasteiger partial charge in [-0.05, 0) is 49.5 Å². The average molecular weight is 210 g/mol. The molecule has 1 aromatic carbocycles. The zero-order valence-corrected chi connectivity index (χ0v) is 10.2. The lowest BCUT2D eigenvalue weighted by Crippen LogP contribution is -1.90. The SMILES string of the molecule is Cc1cc(C)c(C=C2C=CC=CC2)c(C)c1. The largest absolute Gasteiger partial charge is 0.0801 e. The number of hydrogen-bond acceptors (Lipinski definition) is 0. The number of benzene rings is 1. The van der Waals surface area contributed by atoms with Crippen LogP contribution in [0.4, 0.5) is 0 Å². The highest BCUT2D eigenvalue weighted by atomic mass is 14.1. The van der Waals surface area contributed by atoms with Gasteiger partial charge in [-0.1, -0.05) is 48.1 Å². The first-order valence-electron chi connectivity index (χ1n) is 5.78. The number of rotatable bonds is 1. The molecule has 0 atom stereocenters. The van der Waals surface area contributed by atoms with Crippen LogP contribution in [0.3, 0.4) is 0 Å². The highest BCUT2D eigenvalue weighted by molar-refractivity contribution is 5.63. The molecule has 0 saturated carbocycles. The summed E-state index contributed by atoms with van der Waals surface area (Å²) in [5.74, 6) is 0.